The number of benzene rings is 1. The molecule has 1 aromatic carbocycles. The van der Waals surface area contributed by atoms with Gasteiger partial charge in [0.05, 0.1) is 13.7 Å². The number of methoxy groups -OCH3 is 1. The minimum atomic E-state index is -0.113. The van der Waals surface area contributed by atoms with E-state index < -0.39 is 0 Å². The van der Waals surface area contributed by atoms with Crippen LogP contribution >= 0.6 is 11.3 Å². The van der Waals surface area contributed by atoms with Crippen LogP contribution in [-0.4, -0.2) is 19.7 Å². The number of hydrogen-bond acceptors (Lipinski definition) is 3. The topological polar surface area (TPSA) is 50.4 Å². The molecular formula is C16H20N2O2S. The summed E-state index contributed by atoms with van der Waals surface area (Å²) in [6.07, 6.45) is 1.86. The summed E-state index contributed by atoms with van der Waals surface area (Å²) in [7, 11) is 1.66. The maximum Gasteiger partial charge on any atom is 0.315 e. The van der Waals surface area contributed by atoms with Gasteiger partial charge in [0.25, 0.3) is 0 Å². The molecule has 0 radical (unpaired) electrons. The molecule has 2 rings (SSSR count). The highest BCUT2D eigenvalue weighted by Crippen LogP contribution is 2.12. The molecule has 0 bridgehead atoms. The van der Waals surface area contributed by atoms with Crippen molar-refractivity contribution in [2.24, 2.45) is 0 Å². The summed E-state index contributed by atoms with van der Waals surface area (Å²) in [6, 6.07) is 11.9. The first-order chi connectivity index (χ1) is 10.3. The molecule has 5 heteroatoms. The summed E-state index contributed by atoms with van der Waals surface area (Å²) in [5.74, 6) is 0.866. The highest BCUT2D eigenvalue weighted by molar-refractivity contribution is 7.09. The fourth-order valence-corrected chi connectivity index (χ4v) is 2.57. The zero-order chi connectivity index (χ0) is 14.9. The summed E-state index contributed by atoms with van der Waals surface area (Å²) in [4.78, 5) is 12.8. The molecule has 21 heavy (non-hydrogen) atoms. The Kier molecular flexibility index (Phi) is 6.09. The van der Waals surface area contributed by atoms with Crippen LogP contribution in [-0.2, 0) is 13.0 Å². The number of carbonyl (C=O) groups excluding carboxylic acids is 1. The van der Waals surface area contributed by atoms with Gasteiger partial charge in [-0.3, -0.25) is 0 Å². The van der Waals surface area contributed by atoms with Gasteiger partial charge in [-0.15, -0.1) is 11.3 Å². The van der Waals surface area contributed by atoms with Gasteiger partial charge < -0.3 is 15.4 Å². The minimum absolute atomic E-state index is 0.113. The van der Waals surface area contributed by atoms with E-state index in [1.165, 1.54) is 5.56 Å². The van der Waals surface area contributed by atoms with Crippen LogP contribution in [0.1, 0.15) is 16.9 Å². The van der Waals surface area contributed by atoms with Crippen molar-refractivity contribution >= 4 is 17.4 Å². The van der Waals surface area contributed by atoms with Crippen LogP contribution in [0.3, 0.4) is 0 Å². The van der Waals surface area contributed by atoms with E-state index in [-0.39, 0.29) is 6.03 Å². The van der Waals surface area contributed by atoms with E-state index in [9.17, 15) is 4.79 Å². The van der Waals surface area contributed by atoms with Gasteiger partial charge in [0.1, 0.15) is 5.75 Å². The third-order valence-corrected chi connectivity index (χ3v) is 3.97. The number of ether oxygens (including phenoxy) is 1. The van der Waals surface area contributed by atoms with Crippen LogP contribution in [0.4, 0.5) is 4.79 Å². The van der Waals surface area contributed by atoms with Gasteiger partial charge >= 0.3 is 6.03 Å². The maximum absolute atomic E-state index is 11.6. The van der Waals surface area contributed by atoms with Crippen LogP contribution < -0.4 is 15.4 Å². The van der Waals surface area contributed by atoms with Gasteiger partial charge in [-0.05, 0) is 42.0 Å². The first kappa shape index (κ1) is 15.4. The van der Waals surface area contributed by atoms with Crippen LogP contribution in [0.5, 0.6) is 5.75 Å². The lowest BCUT2D eigenvalue weighted by atomic mass is 10.1. The predicted octanol–water partition coefficient (Wildman–Crippen LogP) is 3.19. The number of thiophene rings is 1. The Morgan fingerprint density at radius 1 is 1.19 bits per heavy atom. The lowest BCUT2D eigenvalue weighted by molar-refractivity contribution is 0.240. The quantitative estimate of drug-likeness (QED) is 0.772. The molecule has 4 nitrogen and oxygen atoms in total. The van der Waals surface area contributed by atoms with E-state index in [0.29, 0.717) is 13.1 Å². The van der Waals surface area contributed by atoms with E-state index in [2.05, 4.69) is 22.8 Å². The zero-order valence-corrected chi connectivity index (χ0v) is 12.9. The Balaban J connectivity index is 1.59. The van der Waals surface area contributed by atoms with Gasteiger partial charge in [-0.1, -0.05) is 18.2 Å². The lowest BCUT2D eigenvalue weighted by Gasteiger charge is -2.07. The Hall–Kier alpha value is -2.01. The lowest BCUT2D eigenvalue weighted by Crippen LogP contribution is -2.35. The summed E-state index contributed by atoms with van der Waals surface area (Å²) in [5.41, 5.74) is 1.25. The van der Waals surface area contributed by atoms with E-state index in [4.69, 9.17) is 4.74 Å². The smallest absolute Gasteiger partial charge is 0.315 e. The summed E-state index contributed by atoms with van der Waals surface area (Å²) in [6.45, 7) is 1.25. The highest BCUT2D eigenvalue weighted by Gasteiger charge is 2.01. The number of urea groups is 1. The number of rotatable bonds is 7. The normalized spacial score (nSPS) is 10.1. The number of nitrogens with one attached hydrogen (secondary N) is 2. The van der Waals surface area contributed by atoms with E-state index in [1.54, 1.807) is 18.4 Å². The minimum Gasteiger partial charge on any atom is -0.497 e. The third kappa shape index (κ3) is 5.47. The van der Waals surface area contributed by atoms with Crippen molar-refractivity contribution in [3.05, 3.63) is 52.2 Å². The monoisotopic (exact) mass is 304 g/mol. The molecule has 0 fully saturated rings. The van der Waals surface area contributed by atoms with Crippen molar-refractivity contribution in [3.63, 3.8) is 0 Å². The fourth-order valence-electron chi connectivity index (χ4n) is 1.93. The molecule has 1 aromatic heterocycles. The Morgan fingerprint density at radius 3 is 2.67 bits per heavy atom. The Morgan fingerprint density at radius 2 is 2.00 bits per heavy atom. The zero-order valence-electron chi connectivity index (χ0n) is 12.1. The second-order valence-electron chi connectivity index (χ2n) is 4.64. The molecule has 0 saturated heterocycles. The van der Waals surface area contributed by atoms with Crippen molar-refractivity contribution in [1.82, 2.24) is 10.6 Å². The molecule has 0 spiro atoms. The second kappa shape index (κ2) is 8.32. The largest absolute Gasteiger partial charge is 0.497 e. The van der Waals surface area contributed by atoms with Crippen LogP contribution in [0.25, 0.3) is 0 Å². The molecule has 0 unspecified atom stereocenters. The molecule has 2 aromatic rings. The SMILES string of the molecule is COc1ccc(CCCNC(=O)NCc2cccs2)cc1. The first-order valence-electron chi connectivity index (χ1n) is 6.95. The maximum atomic E-state index is 11.6. The molecule has 112 valence electrons. The van der Waals surface area contributed by atoms with Crippen molar-refractivity contribution in [2.45, 2.75) is 19.4 Å². The molecule has 0 atom stereocenters. The molecular weight excluding hydrogens is 284 g/mol. The highest BCUT2D eigenvalue weighted by atomic mass is 32.1. The van der Waals surface area contributed by atoms with Crippen molar-refractivity contribution in [2.75, 3.05) is 13.7 Å². The van der Waals surface area contributed by atoms with E-state index in [1.807, 2.05) is 29.6 Å². The predicted molar refractivity (Wildman–Crippen MR) is 85.9 cm³/mol. The van der Waals surface area contributed by atoms with Gasteiger partial charge in [0.2, 0.25) is 0 Å². The summed E-state index contributed by atoms with van der Waals surface area (Å²) < 4.78 is 5.12. The Bertz CT molecular complexity index is 538. The fraction of sp³-hybridized carbons (Fsp3) is 0.312. The van der Waals surface area contributed by atoms with Crippen molar-refractivity contribution in [1.29, 1.82) is 0 Å². The molecule has 1 heterocycles. The third-order valence-electron chi connectivity index (χ3n) is 3.09. The van der Waals surface area contributed by atoms with Crippen LogP contribution in [0, 0.1) is 0 Å². The van der Waals surface area contributed by atoms with E-state index >= 15 is 0 Å². The Labute approximate surface area is 129 Å². The van der Waals surface area contributed by atoms with Gasteiger partial charge in [-0.25, -0.2) is 4.79 Å². The average Bonchev–Trinajstić information content (AvgIpc) is 3.03. The molecule has 0 aliphatic rings. The summed E-state index contributed by atoms with van der Waals surface area (Å²) in [5, 5.41) is 7.71. The number of amides is 2. The average molecular weight is 304 g/mol. The van der Waals surface area contributed by atoms with Gasteiger partial charge in [0.15, 0.2) is 0 Å². The van der Waals surface area contributed by atoms with Crippen LogP contribution in [0.2, 0.25) is 0 Å². The molecule has 0 aliphatic carbocycles. The number of aryl methyl sites for hydroxylation is 1. The van der Waals surface area contributed by atoms with Crippen LogP contribution in [0.15, 0.2) is 41.8 Å². The van der Waals surface area contributed by atoms with Gasteiger partial charge in [0, 0.05) is 11.4 Å². The van der Waals surface area contributed by atoms with E-state index in [0.717, 1.165) is 23.5 Å². The number of hydrogen-bond donors (Lipinski definition) is 2. The second-order valence-corrected chi connectivity index (χ2v) is 5.67. The standard InChI is InChI=1S/C16H20N2O2S/c1-20-14-8-6-13(7-9-14)4-2-10-17-16(19)18-12-15-5-3-11-21-15/h3,5-9,11H,2,4,10,12H2,1H3,(H2,17,18,19). The molecule has 0 aliphatic heterocycles. The molecule has 2 N–H and O–H groups in total. The van der Waals surface area contributed by atoms with Crippen molar-refractivity contribution < 1.29 is 9.53 Å². The first-order valence-corrected chi connectivity index (χ1v) is 7.83. The summed E-state index contributed by atoms with van der Waals surface area (Å²) >= 11 is 1.64. The molecule has 2 amide bonds. The number of carbonyl (C=O) groups is 1. The molecule has 0 saturated carbocycles. The van der Waals surface area contributed by atoms with Gasteiger partial charge in [-0.2, -0.15) is 0 Å². The van der Waals surface area contributed by atoms with Crippen molar-refractivity contribution in [3.8, 4) is 5.75 Å².